The van der Waals surface area contributed by atoms with Gasteiger partial charge in [0.05, 0.1) is 18.6 Å². The Bertz CT molecular complexity index is 1090. The first-order chi connectivity index (χ1) is 15.0. The lowest BCUT2D eigenvalue weighted by Crippen LogP contribution is -2.25. The highest BCUT2D eigenvalue weighted by Gasteiger charge is 2.12. The predicted octanol–water partition coefficient (Wildman–Crippen LogP) is 4.70. The van der Waals surface area contributed by atoms with Crippen LogP contribution in [-0.2, 0) is 4.74 Å². The minimum Gasteiger partial charge on any atom is -0.501 e. The molecule has 6 heteroatoms. The van der Waals surface area contributed by atoms with Crippen LogP contribution < -0.4 is 10.1 Å². The smallest absolute Gasteiger partial charge is 0.187 e. The van der Waals surface area contributed by atoms with Gasteiger partial charge in [-0.25, -0.2) is 0 Å². The highest BCUT2D eigenvalue weighted by Crippen LogP contribution is 2.21. The van der Waals surface area contributed by atoms with E-state index in [-0.39, 0.29) is 0 Å². The third-order valence-corrected chi connectivity index (χ3v) is 5.68. The van der Waals surface area contributed by atoms with Crippen LogP contribution in [0.1, 0.15) is 69.1 Å². The molecule has 0 aliphatic carbocycles. The molecule has 2 aromatic heterocycles. The highest BCUT2D eigenvalue weighted by atomic mass is 16.5. The van der Waals surface area contributed by atoms with Crippen LogP contribution in [-0.4, -0.2) is 40.0 Å². The molecule has 0 saturated heterocycles. The normalized spacial score (nSPS) is 12.7. The zero-order valence-electron chi connectivity index (χ0n) is 19.8. The number of anilines is 1. The number of methoxy groups -OCH3 is 1. The number of unbranched alkanes of at least 4 members (excludes halogenated alkanes) is 2. The van der Waals surface area contributed by atoms with Crippen LogP contribution in [0.25, 0.3) is 17.8 Å². The highest BCUT2D eigenvalue weighted by molar-refractivity contribution is 5.64. The summed E-state index contributed by atoms with van der Waals surface area (Å²) in [5.74, 6) is 1.44. The summed E-state index contributed by atoms with van der Waals surface area (Å²) < 4.78 is 7.02. The van der Waals surface area contributed by atoms with Gasteiger partial charge < -0.3 is 9.64 Å². The second-order valence-electron chi connectivity index (χ2n) is 8.13. The fraction of sp³-hybridized carbons (Fsp3) is 0.480. The molecule has 0 bridgehead atoms. The molecule has 1 aromatic carbocycles. The third-order valence-electron chi connectivity index (χ3n) is 5.68. The van der Waals surface area contributed by atoms with E-state index in [0.717, 1.165) is 35.4 Å². The minimum atomic E-state index is 0.673. The maximum atomic E-state index is 5.24. The average molecular weight is 422 g/mol. The molecule has 6 nitrogen and oxygen atoms in total. The van der Waals surface area contributed by atoms with Crippen molar-refractivity contribution in [2.75, 3.05) is 25.1 Å². The first kappa shape index (κ1) is 22.8. The maximum Gasteiger partial charge on any atom is 0.187 e. The van der Waals surface area contributed by atoms with E-state index >= 15 is 0 Å². The van der Waals surface area contributed by atoms with Crippen LogP contribution in [0.3, 0.4) is 0 Å². The molecule has 0 atom stereocenters. The Morgan fingerprint density at radius 3 is 2.42 bits per heavy atom. The average Bonchev–Trinajstić information content (AvgIpc) is 3.28. The molecule has 0 amide bonds. The predicted molar refractivity (Wildman–Crippen MR) is 128 cm³/mol. The van der Waals surface area contributed by atoms with Gasteiger partial charge in [-0.05, 0) is 62.9 Å². The zero-order chi connectivity index (χ0) is 22.4. The van der Waals surface area contributed by atoms with Crippen LogP contribution in [0.15, 0.2) is 24.0 Å². The van der Waals surface area contributed by atoms with Crippen molar-refractivity contribution in [1.82, 2.24) is 19.8 Å². The van der Waals surface area contributed by atoms with E-state index in [0.29, 0.717) is 5.82 Å². The van der Waals surface area contributed by atoms with Crippen LogP contribution in [0.4, 0.5) is 5.69 Å². The Kier molecular flexibility index (Phi) is 7.66. The van der Waals surface area contributed by atoms with Gasteiger partial charge in [-0.3, -0.25) is 0 Å². The molecule has 31 heavy (non-hydrogen) atoms. The van der Waals surface area contributed by atoms with Gasteiger partial charge >= 0.3 is 0 Å². The number of allylic oxidation sites excluding steroid dienone is 1. The number of fused-ring (bicyclic) bond motifs is 1. The van der Waals surface area contributed by atoms with E-state index in [1.165, 1.54) is 42.5 Å². The number of hydrogen-bond donors (Lipinski definition) is 0. The van der Waals surface area contributed by atoms with Gasteiger partial charge in [-0.15, -0.1) is 10.2 Å². The lowest BCUT2D eigenvalue weighted by atomic mass is 10.1. The zero-order valence-corrected chi connectivity index (χ0v) is 19.8. The fourth-order valence-electron chi connectivity index (χ4n) is 3.67. The molecular formula is C25H35N5O. The second-order valence-corrected chi connectivity index (χ2v) is 8.13. The lowest BCUT2D eigenvalue weighted by Gasteiger charge is -2.25. The van der Waals surface area contributed by atoms with Crippen LogP contribution in [0.5, 0.6) is 0 Å². The number of ether oxygens (including phenoxy) is 1. The summed E-state index contributed by atoms with van der Waals surface area (Å²) in [4.78, 5) is 2.52. The van der Waals surface area contributed by atoms with Crippen molar-refractivity contribution < 1.29 is 4.74 Å². The standard InChI is InChI=1S/C25H35N5O/c1-7-9-13-29(14-10-8-2)22-12-11-21(18(3)15-22)17-23-20(5)28-30-24(16-19(4)31-6)26-27-25(23)30/h11-12,15-17H,7-10,13-14H2,1-6H3/b19-16-,23-17-. The second kappa shape index (κ2) is 10.4. The Hall–Kier alpha value is -2.89. The van der Waals surface area contributed by atoms with Gasteiger partial charge in [-0.2, -0.15) is 9.61 Å². The monoisotopic (exact) mass is 421 g/mol. The van der Waals surface area contributed by atoms with Crippen molar-refractivity contribution >= 4 is 23.5 Å². The van der Waals surface area contributed by atoms with Gasteiger partial charge in [0.1, 0.15) is 0 Å². The van der Waals surface area contributed by atoms with Gasteiger partial charge in [0, 0.05) is 30.1 Å². The Morgan fingerprint density at radius 2 is 1.81 bits per heavy atom. The summed E-state index contributed by atoms with van der Waals surface area (Å²) >= 11 is 0. The first-order valence-electron chi connectivity index (χ1n) is 11.3. The van der Waals surface area contributed by atoms with E-state index in [1.807, 2.05) is 19.9 Å². The summed E-state index contributed by atoms with van der Waals surface area (Å²) in [7, 11) is 1.64. The Labute approximate surface area is 185 Å². The largest absolute Gasteiger partial charge is 0.501 e. The Balaban J connectivity index is 1.97. The number of rotatable bonds is 10. The molecule has 0 radical (unpaired) electrons. The van der Waals surface area contributed by atoms with Crippen molar-refractivity contribution in [1.29, 1.82) is 0 Å². The topological polar surface area (TPSA) is 55.6 Å². The molecule has 0 aliphatic heterocycles. The number of nitrogens with zero attached hydrogens (tertiary/aromatic N) is 5. The van der Waals surface area contributed by atoms with Crippen molar-refractivity contribution in [3.8, 4) is 0 Å². The van der Waals surface area contributed by atoms with Gasteiger partial charge in [0.2, 0.25) is 0 Å². The molecule has 0 fully saturated rings. The molecule has 166 valence electrons. The maximum absolute atomic E-state index is 5.24. The van der Waals surface area contributed by atoms with E-state index in [2.05, 4.69) is 65.2 Å². The summed E-state index contributed by atoms with van der Waals surface area (Å²) in [6.45, 7) is 12.8. The quantitative estimate of drug-likeness (QED) is 0.444. The van der Waals surface area contributed by atoms with Crippen molar-refractivity contribution in [3.05, 3.63) is 51.8 Å². The van der Waals surface area contributed by atoms with Crippen LogP contribution >= 0.6 is 0 Å². The fourth-order valence-corrected chi connectivity index (χ4v) is 3.67. The minimum absolute atomic E-state index is 0.673. The summed E-state index contributed by atoms with van der Waals surface area (Å²) in [5, 5.41) is 14.3. The number of benzene rings is 1. The molecule has 0 saturated carbocycles. The molecular weight excluding hydrogens is 386 g/mol. The van der Waals surface area contributed by atoms with Crippen LogP contribution in [0.2, 0.25) is 0 Å². The SMILES string of the molecule is CCCCN(CCCC)c1ccc(/C=c2/c(C)nn3c(/C=C(/C)OC)nnc23)c(C)c1. The Morgan fingerprint density at radius 1 is 1.10 bits per heavy atom. The third kappa shape index (κ3) is 5.24. The van der Waals surface area contributed by atoms with Crippen molar-refractivity contribution in [3.63, 3.8) is 0 Å². The molecule has 0 unspecified atom stereocenters. The van der Waals surface area contributed by atoms with Gasteiger partial charge in [0.15, 0.2) is 11.5 Å². The molecule has 0 spiro atoms. The molecule has 0 N–H and O–H groups in total. The van der Waals surface area contributed by atoms with E-state index in [4.69, 9.17) is 4.74 Å². The van der Waals surface area contributed by atoms with E-state index in [1.54, 1.807) is 11.6 Å². The molecule has 0 aliphatic rings. The van der Waals surface area contributed by atoms with Gasteiger partial charge in [0.25, 0.3) is 0 Å². The lowest BCUT2D eigenvalue weighted by molar-refractivity contribution is 0.297. The molecule has 3 aromatic rings. The van der Waals surface area contributed by atoms with E-state index < -0.39 is 0 Å². The summed E-state index contributed by atoms with van der Waals surface area (Å²) in [6, 6.07) is 6.76. The number of aryl methyl sites for hydroxylation is 2. The van der Waals surface area contributed by atoms with Crippen molar-refractivity contribution in [2.45, 2.75) is 60.3 Å². The van der Waals surface area contributed by atoms with Crippen molar-refractivity contribution in [2.24, 2.45) is 0 Å². The number of hydrogen-bond acceptors (Lipinski definition) is 5. The summed E-state index contributed by atoms with van der Waals surface area (Å²) in [6.07, 6.45) is 8.89. The molecule has 2 heterocycles. The van der Waals surface area contributed by atoms with Gasteiger partial charge in [-0.1, -0.05) is 32.8 Å². The number of aromatic nitrogens is 4. The van der Waals surface area contributed by atoms with E-state index in [9.17, 15) is 0 Å². The first-order valence-corrected chi connectivity index (χ1v) is 11.3. The molecule has 3 rings (SSSR count). The summed E-state index contributed by atoms with van der Waals surface area (Å²) in [5.41, 5.74) is 5.45. The van der Waals surface area contributed by atoms with Crippen LogP contribution in [0, 0.1) is 13.8 Å².